The first-order valence-corrected chi connectivity index (χ1v) is 15.4. The second-order valence-corrected chi connectivity index (χ2v) is 12.3. The molecule has 42 heavy (non-hydrogen) atoms. The number of pyridine rings is 1. The second-order valence-electron chi connectivity index (χ2n) is 10.3. The lowest BCUT2D eigenvalue weighted by molar-refractivity contribution is 0.384. The Kier molecular flexibility index (Phi) is 7.73. The van der Waals surface area contributed by atoms with Crippen LogP contribution in [-0.2, 0) is 16.4 Å². The third kappa shape index (κ3) is 5.50. The Bertz CT molecular complexity index is 1850. The summed E-state index contributed by atoms with van der Waals surface area (Å²) in [7, 11) is -1.77. The van der Waals surface area contributed by atoms with Gasteiger partial charge in [0.25, 0.3) is 5.56 Å². The van der Waals surface area contributed by atoms with Crippen molar-refractivity contribution in [3.63, 3.8) is 0 Å². The molecular weight excluding hydrogens is 548 g/mol. The zero-order valence-corrected chi connectivity index (χ0v) is 24.2. The fourth-order valence-corrected chi connectivity index (χ4v) is 6.82. The Labute approximate surface area is 245 Å². The molecule has 2 aromatic heterocycles. The summed E-state index contributed by atoms with van der Waals surface area (Å²) in [5.74, 6) is 0. The first-order chi connectivity index (χ1) is 20.4. The molecule has 1 aliphatic heterocycles. The van der Waals surface area contributed by atoms with Gasteiger partial charge in [0.2, 0.25) is 10.0 Å². The minimum absolute atomic E-state index is 0.228. The average Bonchev–Trinajstić information content (AvgIpc) is 3.04. The molecule has 3 heterocycles. The van der Waals surface area contributed by atoms with E-state index < -0.39 is 10.0 Å². The lowest BCUT2D eigenvalue weighted by Crippen LogP contribution is -2.49. The minimum Gasteiger partial charge on any atom is -0.368 e. The number of nitrogens with zero attached hydrogens (tertiary/aromatic N) is 6. The third-order valence-corrected chi connectivity index (χ3v) is 9.58. The van der Waals surface area contributed by atoms with Crippen molar-refractivity contribution >= 4 is 32.2 Å². The Balaban J connectivity index is 1.27. The van der Waals surface area contributed by atoms with Crippen molar-refractivity contribution in [1.29, 1.82) is 0 Å². The molecule has 0 spiro atoms. The van der Waals surface area contributed by atoms with Gasteiger partial charge in [0.1, 0.15) is 5.69 Å². The van der Waals surface area contributed by atoms with E-state index >= 15 is 0 Å². The maximum absolute atomic E-state index is 13.9. The van der Waals surface area contributed by atoms with Crippen molar-refractivity contribution in [3.05, 3.63) is 119 Å². The molecule has 0 N–H and O–H groups in total. The summed E-state index contributed by atoms with van der Waals surface area (Å²) in [4.78, 5) is 22.6. The van der Waals surface area contributed by atoms with E-state index in [4.69, 9.17) is 0 Å². The fourth-order valence-electron chi connectivity index (χ4n) is 5.37. The number of aromatic nitrogens is 3. The van der Waals surface area contributed by atoms with Crippen LogP contribution in [-0.4, -0.2) is 67.3 Å². The van der Waals surface area contributed by atoms with Crippen LogP contribution in [0.4, 0.5) is 11.4 Å². The number of anilines is 2. The summed E-state index contributed by atoms with van der Waals surface area (Å²) in [5.41, 5.74) is 2.61. The van der Waals surface area contributed by atoms with Gasteiger partial charge < -0.3 is 9.80 Å². The molecule has 10 heteroatoms. The van der Waals surface area contributed by atoms with E-state index in [2.05, 4.69) is 15.0 Å². The van der Waals surface area contributed by atoms with E-state index in [-0.39, 0.29) is 10.5 Å². The van der Waals surface area contributed by atoms with E-state index in [1.165, 1.54) is 8.99 Å². The van der Waals surface area contributed by atoms with Gasteiger partial charge in [-0.2, -0.15) is 14.1 Å². The van der Waals surface area contributed by atoms with Crippen molar-refractivity contribution < 1.29 is 8.42 Å². The first kappa shape index (κ1) is 27.6. The predicted octanol–water partition coefficient (Wildman–Crippen LogP) is 3.97. The Morgan fingerprint density at radius 3 is 2.29 bits per heavy atom. The largest absolute Gasteiger partial charge is 0.368 e. The summed E-state index contributed by atoms with van der Waals surface area (Å²) in [5, 5.41) is 6.41. The maximum Gasteiger partial charge on any atom is 0.297 e. The standard InChI is InChI=1S/C32H32N6O3S/c1-35(18-16-27-11-7-8-17-33-27)31-30(24-34-38(32(31)39)28-12-3-2-4-13-28)36-19-21-37(22-20-36)42(40,41)29-15-14-25-9-5-6-10-26(25)23-29/h2-15,17,23-24H,16,18-22H2,1H3. The van der Waals surface area contributed by atoms with Crippen molar-refractivity contribution in [2.75, 3.05) is 49.6 Å². The van der Waals surface area contributed by atoms with Crippen LogP contribution in [0.5, 0.6) is 0 Å². The van der Waals surface area contributed by atoms with Gasteiger partial charge in [0.05, 0.1) is 22.5 Å². The molecule has 0 saturated carbocycles. The van der Waals surface area contributed by atoms with Crippen LogP contribution in [0.1, 0.15) is 5.69 Å². The van der Waals surface area contributed by atoms with Crippen LogP contribution in [0.3, 0.4) is 0 Å². The highest BCUT2D eigenvalue weighted by Gasteiger charge is 2.31. The van der Waals surface area contributed by atoms with E-state index in [1.807, 2.05) is 90.8 Å². The van der Waals surface area contributed by atoms with Gasteiger partial charge in [-0.3, -0.25) is 9.78 Å². The topological polar surface area (TPSA) is 91.6 Å². The molecule has 1 aliphatic rings. The summed E-state index contributed by atoms with van der Waals surface area (Å²) in [6.07, 6.45) is 4.15. The third-order valence-electron chi connectivity index (χ3n) is 7.68. The molecule has 3 aromatic carbocycles. The summed E-state index contributed by atoms with van der Waals surface area (Å²) >= 11 is 0. The number of benzene rings is 3. The molecule has 9 nitrogen and oxygen atoms in total. The first-order valence-electron chi connectivity index (χ1n) is 13.9. The molecule has 0 unspecified atom stereocenters. The molecule has 1 saturated heterocycles. The predicted molar refractivity (Wildman–Crippen MR) is 166 cm³/mol. The molecule has 0 bridgehead atoms. The van der Waals surface area contributed by atoms with Gasteiger partial charge in [0, 0.05) is 58.1 Å². The number of hydrogen-bond acceptors (Lipinski definition) is 7. The zero-order chi connectivity index (χ0) is 29.1. The number of hydrogen-bond donors (Lipinski definition) is 0. The van der Waals surface area contributed by atoms with Crippen molar-refractivity contribution in [1.82, 2.24) is 19.1 Å². The molecule has 1 fully saturated rings. The molecular formula is C32H32N6O3S. The van der Waals surface area contributed by atoms with Gasteiger partial charge in [-0.1, -0.05) is 54.6 Å². The SMILES string of the molecule is CN(CCc1ccccn1)c1c(N2CCN(S(=O)(=O)c3ccc4ccccc4c3)CC2)cnn(-c2ccccc2)c1=O. The summed E-state index contributed by atoms with van der Waals surface area (Å²) < 4.78 is 30.0. The molecule has 5 aromatic rings. The number of sulfonamides is 1. The van der Waals surface area contributed by atoms with E-state index in [0.717, 1.165) is 16.5 Å². The second kappa shape index (κ2) is 11.8. The number of para-hydroxylation sites is 1. The van der Waals surface area contributed by atoms with Gasteiger partial charge in [-0.15, -0.1) is 0 Å². The Morgan fingerprint density at radius 2 is 1.55 bits per heavy atom. The van der Waals surface area contributed by atoms with Gasteiger partial charge in [-0.25, -0.2) is 8.42 Å². The van der Waals surface area contributed by atoms with Crippen LogP contribution >= 0.6 is 0 Å². The minimum atomic E-state index is -3.67. The monoisotopic (exact) mass is 580 g/mol. The molecule has 6 rings (SSSR count). The smallest absolute Gasteiger partial charge is 0.297 e. The lowest BCUT2D eigenvalue weighted by atomic mass is 10.1. The highest BCUT2D eigenvalue weighted by Crippen LogP contribution is 2.28. The molecule has 0 radical (unpaired) electrons. The van der Waals surface area contributed by atoms with Crippen molar-refractivity contribution in [2.24, 2.45) is 0 Å². The molecule has 0 aliphatic carbocycles. The van der Waals surface area contributed by atoms with E-state index in [1.54, 1.807) is 24.5 Å². The van der Waals surface area contributed by atoms with E-state index in [0.29, 0.717) is 56.2 Å². The van der Waals surface area contributed by atoms with Gasteiger partial charge in [0.15, 0.2) is 0 Å². The number of fused-ring (bicyclic) bond motifs is 1. The van der Waals surface area contributed by atoms with Crippen molar-refractivity contribution in [2.45, 2.75) is 11.3 Å². The summed E-state index contributed by atoms with van der Waals surface area (Å²) in [6, 6.07) is 28.1. The lowest BCUT2D eigenvalue weighted by Gasteiger charge is -2.37. The fraction of sp³-hybridized carbons (Fsp3) is 0.219. The summed E-state index contributed by atoms with van der Waals surface area (Å²) in [6.45, 7) is 2.05. The molecule has 214 valence electrons. The van der Waals surface area contributed by atoms with E-state index in [9.17, 15) is 13.2 Å². The highest BCUT2D eigenvalue weighted by molar-refractivity contribution is 7.89. The quantitative estimate of drug-likeness (QED) is 0.274. The van der Waals surface area contributed by atoms with Crippen LogP contribution in [0.2, 0.25) is 0 Å². The van der Waals surface area contributed by atoms with Crippen LogP contribution in [0.15, 0.2) is 113 Å². The zero-order valence-electron chi connectivity index (χ0n) is 23.4. The molecule has 0 amide bonds. The highest BCUT2D eigenvalue weighted by atomic mass is 32.2. The van der Waals surface area contributed by atoms with Crippen LogP contribution in [0.25, 0.3) is 16.5 Å². The van der Waals surface area contributed by atoms with Gasteiger partial charge >= 0.3 is 0 Å². The van der Waals surface area contributed by atoms with Gasteiger partial charge in [-0.05, 0) is 47.2 Å². The Hall–Kier alpha value is -4.54. The number of piperazine rings is 1. The Morgan fingerprint density at radius 1 is 0.833 bits per heavy atom. The number of likely N-dealkylation sites (N-methyl/N-ethyl adjacent to an activating group) is 1. The maximum atomic E-state index is 13.9. The van der Waals surface area contributed by atoms with Crippen LogP contribution < -0.4 is 15.4 Å². The van der Waals surface area contributed by atoms with Crippen LogP contribution in [0, 0.1) is 0 Å². The number of rotatable bonds is 8. The average molecular weight is 581 g/mol. The van der Waals surface area contributed by atoms with Crippen molar-refractivity contribution in [3.8, 4) is 5.69 Å². The molecule has 0 atom stereocenters. The normalized spacial score (nSPS) is 14.3.